The third-order valence-electron chi connectivity index (χ3n) is 4.45. The first-order valence-electron chi connectivity index (χ1n) is 8.79. The van der Waals surface area contributed by atoms with Gasteiger partial charge in [0.15, 0.2) is 23.1 Å². The average Bonchev–Trinajstić information content (AvgIpc) is 3.20. The van der Waals surface area contributed by atoms with Gasteiger partial charge in [-0.05, 0) is 42.8 Å². The molecule has 0 aliphatic heterocycles. The van der Waals surface area contributed by atoms with Gasteiger partial charge in [-0.3, -0.25) is 0 Å². The summed E-state index contributed by atoms with van der Waals surface area (Å²) >= 11 is 1.57. The Morgan fingerprint density at radius 3 is 2.39 bits per heavy atom. The number of ether oxygens (including phenoxy) is 3. The minimum Gasteiger partial charge on any atom is -0.494 e. The van der Waals surface area contributed by atoms with Crippen LogP contribution < -0.4 is 19.5 Å². The number of halogens is 1. The van der Waals surface area contributed by atoms with Crippen LogP contribution in [0.1, 0.15) is 24.2 Å². The minimum atomic E-state index is -0.363. The van der Waals surface area contributed by atoms with Gasteiger partial charge in [0, 0.05) is 23.5 Å². The third-order valence-corrected chi connectivity index (χ3v) is 5.39. The van der Waals surface area contributed by atoms with Gasteiger partial charge >= 0.3 is 0 Å². The molecule has 0 radical (unpaired) electrons. The Morgan fingerprint density at radius 1 is 1.00 bits per heavy atom. The Bertz CT molecular complexity index is 945. The lowest BCUT2D eigenvalue weighted by molar-refractivity contribution is 0.355. The number of benzene rings is 2. The number of nitrogens with one attached hydrogen (secondary N) is 1. The molecule has 28 heavy (non-hydrogen) atoms. The summed E-state index contributed by atoms with van der Waals surface area (Å²) in [5, 5.41) is 6.30. The van der Waals surface area contributed by atoms with Gasteiger partial charge in [0.05, 0.1) is 27.0 Å². The summed E-state index contributed by atoms with van der Waals surface area (Å²) in [5.74, 6) is 1.24. The predicted octanol–water partition coefficient (Wildman–Crippen LogP) is 4.83. The monoisotopic (exact) mass is 402 g/mol. The molecule has 0 aliphatic rings. The second-order valence-electron chi connectivity index (χ2n) is 6.21. The molecule has 0 saturated carbocycles. The summed E-state index contributed by atoms with van der Waals surface area (Å²) in [4.78, 5) is 4.69. The molecule has 1 N–H and O–H groups in total. The summed E-state index contributed by atoms with van der Waals surface area (Å²) < 4.78 is 29.5. The highest BCUT2D eigenvalue weighted by Gasteiger charge is 2.12. The van der Waals surface area contributed by atoms with E-state index in [2.05, 4.69) is 10.3 Å². The fourth-order valence-corrected chi connectivity index (χ4v) is 3.63. The van der Waals surface area contributed by atoms with E-state index in [-0.39, 0.29) is 17.6 Å². The maximum absolute atomic E-state index is 13.9. The summed E-state index contributed by atoms with van der Waals surface area (Å²) in [6.45, 7) is 2.57. The number of hydrogen-bond donors (Lipinski definition) is 1. The third kappa shape index (κ3) is 4.43. The zero-order valence-electron chi connectivity index (χ0n) is 16.3. The first-order chi connectivity index (χ1) is 13.5. The first-order valence-corrected chi connectivity index (χ1v) is 9.67. The van der Waals surface area contributed by atoms with Crippen LogP contribution in [0.15, 0.2) is 41.8 Å². The van der Waals surface area contributed by atoms with E-state index in [0.717, 1.165) is 21.8 Å². The second-order valence-corrected chi connectivity index (χ2v) is 7.07. The van der Waals surface area contributed by atoms with E-state index >= 15 is 0 Å². The zero-order valence-corrected chi connectivity index (χ0v) is 17.1. The van der Waals surface area contributed by atoms with E-state index in [4.69, 9.17) is 14.2 Å². The quantitative estimate of drug-likeness (QED) is 0.585. The van der Waals surface area contributed by atoms with Crippen LogP contribution >= 0.6 is 11.3 Å². The minimum absolute atomic E-state index is 0.0216. The van der Waals surface area contributed by atoms with Crippen LogP contribution in [0.3, 0.4) is 0 Å². The van der Waals surface area contributed by atoms with Gasteiger partial charge in [0.2, 0.25) is 0 Å². The topological polar surface area (TPSA) is 52.6 Å². The fourth-order valence-electron chi connectivity index (χ4n) is 2.82. The molecule has 7 heteroatoms. The maximum atomic E-state index is 13.9. The standard InChI is InChI=1S/C21H23FN2O3S/c1-13(14-5-7-18(25-2)17(22)9-14)23-11-16-12-28-21(24-16)15-6-8-19(26-3)20(10-15)27-4/h5-10,12-13,23H,11H2,1-4H3. The Balaban J connectivity index is 1.67. The molecule has 1 heterocycles. The molecule has 0 fully saturated rings. The largest absolute Gasteiger partial charge is 0.494 e. The van der Waals surface area contributed by atoms with Gasteiger partial charge < -0.3 is 19.5 Å². The number of methoxy groups -OCH3 is 3. The molecule has 5 nitrogen and oxygen atoms in total. The van der Waals surface area contributed by atoms with E-state index in [1.807, 2.05) is 36.6 Å². The molecule has 2 aromatic carbocycles. The Kier molecular flexibility index (Phi) is 6.49. The first kappa shape index (κ1) is 20.1. The molecular formula is C21H23FN2O3S. The normalized spacial score (nSPS) is 11.9. The SMILES string of the molecule is COc1ccc(C(C)NCc2csc(-c3ccc(OC)c(OC)c3)n2)cc1F. The molecule has 3 rings (SSSR count). The van der Waals surface area contributed by atoms with Gasteiger partial charge in [0.25, 0.3) is 0 Å². The average molecular weight is 402 g/mol. The van der Waals surface area contributed by atoms with Crippen molar-refractivity contribution in [2.45, 2.75) is 19.5 Å². The number of rotatable bonds is 8. The molecule has 148 valence electrons. The van der Waals surface area contributed by atoms with Crippen molar-refractivity contribution in [3.05, 3.63) is 58.9 Å². The second kappa shape index (κ2) is 9.03. The van der Waals surface area contributed by atoms with Crippen molar-refractivity contribution in [1.82, 2.24) is 10.3 Å². The summed E-state index contributed by atoms with van der Waals surface area (Å²) in [5.41, 5.74) is 2.75. The predicted molar refractivity (Wildman–Crippen MR) is 109 cm³/mol. The number of hydrogen-bond acceptors (Lipinski definition) is 6. The highest BCUT2D eigenvalue weighted by molar-refractivity contribution is 7.13. The van der Waals surface area contributed by atoms with Crippen molar-refractivity contribution in [3.63, 3.8) is 0 Å². The number of aromatic nitrogens is 1. The van der Waals surface area contributed by atoms with Crippen molar-refractivity contribution >= 4 is 11.3 Å². The molecule has 1 aromatic heterocycles. The lowest BCUT2D eigenvalue weighted by atomic mass is 10.1. The Hall–Kier alpha value is -2.64. The van der Waals surface area contributed by atoms with Crippen LogP contribution in [-0.2, 0) is 6.54 Å². The van der Waals surface area contributed by atoms with Gasteiger partial charge in [-0.1, -0.05) is 6.07 Å². The Morgan fingerprint density at radius 2 is 1.71 bits per heavy atom. The summed E-state index contributed by atoms with van der Waals surface area (Å²) in [7, 11) is 4.68. The van der Waals surface area contributed by atoms with Crippen LogP contribution in [0.25, 0.3) is 10.6 Å². The molecule has 1 unspecified atom stereocenters. The van der Waals surface area contributed by atoms with Crippen LogP contribution in [-0.4, -0.2) is 26.3 Å². The highest BCUT2D eigenvalue weighted by Crippen LogP contribution is 2.33. The molecule has 3 aromatic rings. The van der Waals surface area contributed by atoms with Gasteiger partial charge in [0.1, 0.15) is 5.01 Å². The zero-order chi connectivity index (χ0) is 20.1. The lowest BCUT2D eigenvalue weighted by Gasteiger charge is -2.14. The lowest BCUT2D eigenvalue weighted by Crippen LogP contribution is -2.18. The number of thiazole rings is 1. The van der Waals surface area contributed by atoms with E-state index in [9.17, 15) is 4.39 Å². The van der Waals surface area contributed by atoms with Crippen molar-refractivity contribution in [3.8, 4) is 27.8 Å². The van der Waals surface area contributed by atoms with Crippen LogP contribution in [0.2, 0.25) is 0 Å². The van der Waals surface area contributed by atoms with Crippen LogP contribution in [0, 0.1) is 5.82 Å². The molecule has 0 bridgehead atoms. The molecular weight excluding hydrogens is 379 g/mol. The van der Waals surface area contributed by atoms with Crippen LogP contribution in [0.5, 0.6) is 17.2 Å². The molecule has 1 atom stereocenters. The van der Waals surface area contributed by atoms with E-state index in [0.29, 0.717) is 18.0 Å². The van der Waals surface area contributed by atoms with Crippen LogP contribution in [0.4, 0.5) is 4.39 Å². The molecule has 0 amide bonds. The van der Waals surface area contributed by atoms with Crippen molar-refractivity contribution in [2.75, 3.05) is 21.3 Å². The van der Waals surface area contributed by atoms with Crippen molar-refractivity contribution < 1.29 is 18.6 Å². The summed E-state index contributed by atoms with van der Waals surface area (Å²) in [6, 6.07) is 10.7. The highest BCUT2D eigenvalue weighted by atomic mass is 32.1. The van der Waals surface area contributed by atoms with E-state index < -0.39 is 0 Å². The number of nitrogens with zero attached hydrogens (tertiary/aromatic N) is 1. The summed E-state index contributed by atoms with van der Waals surface area (Å²) in [6.07, 6.45) is 0. The molecule has 0 saturated heterocycles. The van der Waals surface area contributed by atoms with E-state index in [1.54, 1.807) is 31.6 Å². The van der Waals surface area contributed by atoms with E-state index in [1.165, 1.54) is 13.2 Å². The molecule has 0 aliphatic carbocycles. The van der Waals surface area contributed by atoms with Gasteiger partial charge in [-0.25, -0.2) is 9.37 Å². The van der Waals surface area contributed by atoms with Gasteiger partial charge in [-0.2, -0.15) is 0 Å². The fraction of sp³-hybridized carbons (Fsp3) is 0.286. The molecule has 0 spiro atoms. The maximum Gasteiger partial charge on any atom is 0.165 e. The van der Waals surface area contributed by atoms with Crippen molar-refractivity contribution in [1.29, 1.82) is 0 Å². The Labute approximate surface area is 168 Å². The van der Waals surface area contributed by atoms with Gasteiger partial charge in [-0.15, -0.1) is 11.3 Å². The smallest absolute Gasteiger partial charge is 0.165 e. The van der Waals surface area contributed by atoms with Crippen molar-refractivity contribution in [2.24, 2.45) is 0 Å².